The van der Waals surface area contributed by atoms with Crippen LogP contribution in [0.25, 0.3) is 0 Å². The van der Waals surface area contributed by atoms with Gasteiger partial charge in [0.15, 0.2) is 9.84 Å². The van der Waals surface area contributed by atoms with Crippen molar-refractivity contribution in [2.45, 2.75) is 31.3 Å². The molecule has 0 bridgehead atoms. The smallest absolute Gasteiger partial charge is 0.153 e. The van der Waals surface area contributed by atoms with E-state index in [4.69, 9.17) is 0 Å². The summed E-state index contributed by atoms with van der Waals surface area (Å²) in [4.78, 5) is 2.34. The normalized spacial score (nSPS) is 32.9. The van der Waals surface area contributed by atoms with Crippen LogP contribution in [0.15, 0.2) is 12.7 Å². The SMILES string of the molecule is C=CCCN[C@H]1CS(=O)(=O)C[C@@H]1N1CCCC1. The summed E-state index contributed by atoms with van der Waals surface area (Å²) >= 11 is 0. The molecule has 1 N–H and O–H groups in total. The van der Waals surface area contributed by atoms with Gasteiger partial charge in [-0.1, -0.05) is 6.08 Å². The first-order valence-corrected chi connectivity index (χ1v) is 8.23. The highest BCUT2D eigenvalue weighted by Gasteiger charge is 2.41. The number of likely N-dealkylation sites (tertiary alicyclic amines) is 1. The zero-order valence-corrected chi connectivity index (χ0v) is 11.1. The molecule has 5 heteroatoms. The molecular formula is C12H22N2O2S. The topological polar surface area (TPSA) is 49.4 Å². The van der Waals surface area contributed by atoms with E-state index in [0.717, 1.165) is 26.1 Å². The summed E-state index contributed by atoms with van der Waals surface area (Å²) in [5.74, 6) is 0.629. The molecule has 2 aliphatic rings. The van der Waals surface area contributed by atoms with Crippen LogP contribution < -0.4 is 5.32 Å². The Morgan fingerprint density at radius 3 is 2.65 bits per heavy atom. The molecule has 4 nitrogen and oxygen atoms in total. The Kier molecular flexibility index (Phi) is 4.22. The van der Waals surface area contributed by atoms with Crippen molar-refractivity contribution in [3.8, 4) is 0 Å². The fraction of sp³-hybridized carbons (Fsp3) is 0.833. The lowest BCUT2D eigenvalue weighted by molar-refractivity contribution is 0.227. The second-order valence-electron chi connectivity index (χ2n) is 5.03. The van der Waals surface area contributed by atoms with Gasteiger partial charge in [0.2, 0.25) is 0 Å². The van der Waals surface area contributed by atoms with Gasteiger partial charge in [-0.15, -0.1) is 6.58 Å². The molecule has 2 rings (SSSR count). The van der Waals surface area contributed by atoms with Crippen LogP contribution in [-0.2, 0) is 9.84 Å². The second-order valence-corrected chi connectivity index (χ2v) is 7.18. The van der Waals surface area contributed by atoms with Gasteiger partial charge in [-0.05, 0) is 38.9 Å². The van der Waals surface area contributed by atoms with Crippen LogP contribution in [0.3, 0.4) is 0 Å². The van der Waals surface area contributed by atoms with Gasteiger partial charge in [-0.3, -0.25) is 4.90 Å². The standard InChI is InChI=1S/C12H22N2O2S/c1-2-3-6-13-11-9-17(15,16)10-12(11)14-7-4-5-8-14/h2,11-13H,1,3-10H2/t11-,12-/m0/s1. The van der Waals surface area contributed by atoms with Crippen LogP contribution in [0.2, 0.25) is 0 Å². The fourth-order valence-corrected chi connectivity index (χ4v) is 4.81. The van der Waals surface area contributed by atoms with Crippen LogP contribution >= 0.6 is 0 Å². The van der Waals surface area contributed by atoms with Crippen LogP contribution in [0.4, 0.5) is 0 Å². The van der Waals surface area contributed by atoms with Crippen molar-refractivity contribution in [1.29, 1.82) is 0 Å². The Hall–Kier alpha value is -0.390. The third kappa shape index (κ3) is 3.30. The zero-order chi connectivity index (χ0) is 12.3. The molecule has 2 saturated heterocycles. The predicted molar refractivity (Wildman–Crippen MR) is 69.9 cm³/mol. The van der Waals surface area contributed by atoms with Crippen molar-refractivity contribution >= 4 is 9.84 Å². The average Bonchev–Trinajstić information content (AvgIpc) is 2.86. The van der Waals surface area contributed by atoms with Crippen molar-refractivity contribution in [1.82, 2.24) is 10.2 Å². The molecule has 0 spiro atoms. The summed E-state index contributed by atoms with van der Waals surface area (Å²) in [6.07, 6.45) is 5.16. The van der Waals surface area contributed by atoms with E-state index in [1.54, 1.807) is 0 Å². The van der Waals surface area contributed by atoms with E-state index >= 15 is 0 Å². The van der Waals surface area contributed by atoms with Crippen LogP contribution in [-0.4, -0.2) is 56.5 Å². The number of nitrogens with one attached hydrogen (secondary N) is 1. The van der Waals surface area contributed by atoms with E-state index in [0.29, 0.717) is 11.5 Å². The van der Waals surface area contributed by atoms with E-state index in [-0.39, 0.29) is 12.1 Å². The Morgan fingerprint density at radius 1 is 1.29 bits per heavy atom. The van der Waals surface area contributed by atoms with Crippen molar-refractivity contribution < 1.29 is 8.42 Å². The van der Waals surface area contributed by atoms with E-state index in [1.165, 1.54) is 12.8 Å². The van der Waals surface area contributed by atoms with Gasteiger partial charge >= 0.3 is 0 Å². The van der Waals surface area contributed by atoms with Gasteiger partial charge in [0.05, 0.1) is 11.5 Å². The minimum absolute atomic E-state index is 0.109. The summed E-state index contributed by atoms with van der Waals surface area (Å²) in [5.41, 5.74) is 0. The lowest BCUT2D eigenvalue weighted by Gasteiger charge is -2.28. The largest absolute Gasteiger partial charge is 0.311 e. The third-order valence-corrected chi connectivity index (χ3v) is 5.40. The van der Waals surface area contributed by atoms with Crippen molar-refractivity contribution in [3.63, 3.8) is 0 Å². The first-order valence-electron chi connectivity index (χ1n) is 6.41. The monoisotopic (exact) mass is 258 g/mol. The summed E-state index contributed by atoms with van der Waals surface area (Å²) in [7, 11) is -2.85. The van der Waals surface area contributed by atoms with Crippen molar-refractivity contribution in [2.24, 2.45) is 0 Å². The van der Waals surface area contributed by atoms with Crippen LogP contribution in [0.1, 0.15) is 19.3 Å². The molecule has 2 heterocycles. The van der Waals surface area contributed by atoms with Crippen molar-refractivity contribution in [2.75, 3.05) is 31.1 Å². The summed E-state index contributed by atoms with van der Waals surface area (Å²) in [6.45, 7) is 6.62. The highest BCUT2D eigenvalue weighted by atomic mass is 32.2. The predicted octanol–water partition coefficient (Wildman–Crippen LogP) is 0.414. The third-order valence-electron chi connectivity index (χ3n) is 3.69. The van der Waals surface area contributed by atoms with Gasteiger partial charge in [0.1, 0.15) is 0 Å². The lowest BCUT2D eigenvalue weighted by Crippen LogP contribution is -2.48. The zero-order valence-electron chi connectivity index (χ0n) is 10.3. The molecule has 0 saturated carbocycles. The molecule has 2 aliphatic heterocycles. The van der Waals surface area contributed by atoms with Gasteiger partial charge in [0.25, 0.3) is 0 Å². The first-order chi connectivity index (χ1) is 8.12. The summed E-state index contributed by atoms with van der Waals surface area (Å²) in [6, 6.07) is 0.297. The van der Waals surface area contributed by atoms with Crippen LogP contribution in [0, 0.1) is 0 Å². The molecule has 98 valence electrons. The number of hydrogen-bond donors (Lipinski definition) is 1. The summed E-state index contributed by atoms with van der Waals surface area (Å²) in [5, 5.41) is 3.37. The Morgan fingerprint density at radius 2 is 2.00 bits per heavy atom. The van der Waals surface area contributed by atoms with Crippen molar-refractivity contribution in [3.05, 3.63) is 12.7 Å². The number of nitrogens with zero attached hydrogens (tertiary/aromatic N) is 1. The Bertz CT molecular complexity index is 361. The number of hydrogen-bond acceptors (Lipinski definition) is 4. The van der Waals surface area contributed by atoms with E-state index in [1.807, 2.05) is 6.08 Å². The molecule has 0 aliphatic carbocycles. The second kappa shape index (κ2) is 5.50. The van der Waals surface area contributed by atoms with E-state index in [2.05, 4.69) is 16.8 Å². The molecule has 0 radical (unpaired) electrons. The maximum absolute atomic E-state index is 11.8. The van der Waals surface area contributed by atoms with Gasteiger partial charge in [0, 0.05) is 12.1 Å². The molecule has 17 heavy (non-hydrogen) atoms. The molecule has 0 aromatic carbocycles. The fourth-order valence-electron chi connectivity index (χ4n) is 2.83. The number of rotatable bonds is 5. The average molecular weight is 258 g/mol. The van der Waals surface area contributed by atoms with Gasteiger partial charge < -0.3 is 5.32 Å². The minimum Gasteiger partial charge on any atom is -0.311 e. The quantitative estimate of drug-likeness (QED) is 0.573. The highest BCUT2D eigenvalue weighted by molar-refractivity contribution is 7.91. The Labute approximate surface area is 104 Å². The molecule has 0 aromatic heterocycles. The van der Waals surface area contributed by atoms with E-state index in [9.17, 15) is 8.42 Å². The first kappa shape index (κ1) is 13.1. The van der Waals surface area contributed by atoms with Crippen LogP contribution in [0.5, 0.6) is 0 Å². The molecule has 0 aromatic rings. The Balaban J connectivity index is 1.97. The lowest BCUT2D eigenvalue weighted by atomic mass is 10.1. The minimum atomic E-state index is -2.85. The van der Waals surface area contributed by atoms with E-state index < -0.39 is 9.84 Å². The highest BCUT2D eigenvalue weighted by Crippen LogP contribution is 2.22. The summed E-state index contributed by atoms with van der Waals surface area (Å²) < 4.78 is 23.5. The molecule has 0 amide bonds. The molecule has 2 fully saturated rings. The maximum atomic E-state index is 11.8. The molecular weight excluding hydrogens is 236 g/mol. The maximum Gasteiger partial charge on any atom is 0.153 e. The van der Waals surface area contributed by atoms with Gasteiger partial charge in [-0.2, -0.15) is 0 Å². The number of sulfone groups is 1. The molecule has 0 unspecified atom stereocenters. The molecule has 2 atom stereocenters. The van der Waals surface area contributed by atoms with Gasteiger partial charge in [-0.25, -0.2) is 8.42 Å².